The summed E-state index contributed by atoms with van der Waals surface area (Å²) in [6.07, 6.45) is 0. The summed E-state index contributed by atoms with van der Waals surface area (Å²) in [5, 5.41) is 6.92. The summed E-state index contributed by atoms with van der Waals surface area (Å²) >= 11 is 6.67. The van der Waals surface area contributed by atoms with E-state index < -0.39 is 5.92 Å². The summed E-state index contributed by atoms with van der Waals surface area (Å²) in [6, 6.07) is 22.8. The maximum absolute atomic E-state index is 13.9. The van der Waals surface area contributed by atoms with Gasteiger partial charge in [-0.25, -0.2) is 9.36 Å². The molecular formula is C29H27ClN4O2. The Morgan fingerprint density at radius 1 is 0.639 bits per heavy atom. The van der Waals surface area contributed by atoms with Crippen molar-refractivity contribution in [2.24, 2.45) is 0 Å². The van der Waals surface area contributed by atoms with E-state index in [-0.39, 0.29) is 11.1 Å². The van der Waals surface area contributed by atoms with Crippen LogP contribution in [0, 0.1) is 27.7 Å². The second kappa shape index (κ2) is 9.21. The lowest BCUT2D eigenvalue weighted by Crippen LogP contribution is -2.25. The molecule has 5 aromatic rings. The molecule has 0 amide bonds. The van der Waals surface area contributed by atoms with E-state index in [4.69, 9.17) is 11.6 Å². The second-order valence-electron chi connectivity index (χ2n) is 9.21. The van der Waals surface area contributed by atoms with E-state index in [0.717, 1.165) is 22.5 Å². The van der Waals surface area contributed by atoms with Crippen LogP contribution in [0.2, 0.25) is 5.02 Å². The van der Waals surface area contributed by atoms with Gasteiger partial charge in [-0.2, -0.15) is 0 Å². The number of benzene rings is 3. The van der Waals surface area contributed by atoms with Crippen LogP contribution in [-0.2, 0) is 0 Å². The summed E-state index contributed by atoms with van der Waals surface area (Å²) in [7, 11) is 0. The molecule has 0 atom stereocenters. The molecule has 5 rings (SSSR count). The third kappa shape index (κ3) is 4.03. The number of aryl methyl sites for hydroxylation is 4. The highest BCUT2D eigenvalue weighted by molar-refractivity contribution is 6.31. The Labute approximate surface area is 213 Å². The predicted molar refractivity (Wildman–Crippen MR) is 144 cm³/mol. The van der Waals surface area contributed by atoms with Gasteiger partial charge in [-0.15, -0.1) is 0 Å². The Morgan fingerprint density at radius 3 is 1.47 bits per heavy atom. The molecule has 2 N–H and O–H groups in total. The Kier molecular flexibility index (Phi) is 6.06. The van der Waals surface area contributed by atoms with Crippen LogP contribution in [0.4, 0.5) is 0 Å². The first-order chi connectivity index (χ1) is 17.3. The van der Waals surface area contributed by atoms with Crippen LogP contribution in [0.15, 0.2) is 82.4 Å². The van der Waals surface area contributed by atoms with Gasteiger partial charge in [-0.3, -0.25) is 19.8 Å². The molecule has 0 saturated carbocycles. The van der Waals surface area contributed by atoms with Crippen LogP contribution in [0.5, 0.6) is 0 Å². The summed E-state index contributed by atoms with van der Waals surface area (Å²) in [5.74, 6) is -0.662. The first kappa shape index (κ1) is 23.7. The molecule has 182 valence electrons. The molecule has 36 heavy (non-hydrogen) atoms. The fourth-order valence-corrected chi connectivity index (χ4v) is 4.96. The van der Waals surface area contributed by atoms with Crippen LogP contribution in [0.3, 0.4) is 0 Å². The van der Waals surface area contributed by atoms with Gasteiger partial charge >= 0.3 is 0 Å². The zero-order valence-corrected chi connectivity index (χ0v) is 21.4. The van der Waals surface area contributed by atoms with Crippen molar-refractivity contribution in [2.75, 3.05) is 0 Å². The van der Waals surface area contributed by atoms with E-state index in [0.29, 0.717) is 33.1 Å². The van der Waals surface area contributed by atoms with E-state index in [1.54, 1.807) is 6.07 Å². The fraction of sp³-hybridized carbons (Fsp3) is 0.172. The van der Waals surface area contributed by atoms with Crippen LogP contribution in [-0.4, -0.2) is 19.6 Å². The standard InChI is InChI=1S/C29H27ClN4O2/c1-17-9-13-21(14-10-17)33-28(35)25(19(3)31-33)27(23-7-5-6-8-24(23)30)26-20(4)32-34(29(26)36)22-15-11-18(2)12-16-22/h5-16,27,31-32H,1-4H3. The molecule has 2 heterocycles. The van der Waals surface area contributed by atoms with Gasteiger partial charge in [0.25, 0.3) is 11.1 Å². The highest BCUT2D eigenvalue weighted by atomic mass is 35.5. The molecule has 0 bridgehead atoms. The molecule has 0 radical (unpaired) electrons. The Morgan fingerprint density at radius 2 is 1.06 bits per heavy atom. The summed E-state index contributed by atoms with van der Waals surface area (Å²) in [4.78, 5) is 27.8. The predicted octanol–water partition coefficient (Wildman–Crippen LogP) is 5.71. The zero-order chi connectivity index (χ0) is 25.6. The molecular weight excluding hydrogens is 472 g/mol. The minimum atomic E-state index is -0.662. The summed E-state index contributed by atoms with van der Waals surface area (Å²) < 4.78 is 3.04. The number of H-pyrrole nitrogens is 2. The van der Waals surface area contributed by atoms with E-state index in [1.165, 1.54) is 9.36 Å². The van der Waals surface area contributed by atoms with Crippen molar-refractivity contribution in [3.05, 3.63) is 138 Å². The number of aromatic nitrogens is 4. The van der Waals surface area contributed by atoms with Crippen LogP contribution in [0.1, 0.15) is 45.1 Å². The molecule has 0 unspecified atom stereocenters. The van der Waals surface area contributed by atoms with Crippen molar-refractivity contribution in [3.63, 3.8) is 0 Å². The van der Waals surface area contributed by atoms with E-state index in [1.807, 2.05) is 94.4 Å². The maximum Gasteiger partial charge on any atom is 0.275 e. The van der Waals surface area contributed by atoms with Gasteiger partial charge < -0.3 is 0 Å². The average Bonchev–Trinajstić information content (AvgIpc) is 3.32. The summed E-state index contributed by atoms with van der Waals surface area (Å²) in [6.45, 7) is 7.70. The van der Waals surface area contributed by atoms with Gasteiger partial charge in [-0.1, -0.05) is 65.2 Å². The molecule has 0 aliphatic heterocycles. The Balaban J connectivity index is 1.77. The number of nitrogens with one attached hydrogen (secondary N) is 2. The van der Waals surface area contributed by atoms with E-state index in [9.17, 15) is 9.59 Å². The molecule has 0 aliphatic rings. The minimum absolute atomic E-state index is 0.219. The Hall–Kier alpha value is -4.03. The van der Waals surface area contributed by atoms with Crippen LogP contribution in [0.25, 0.3) is 11.4 Å². The Bertz CT molecular complexity index is 1560. The molecule has 0 fully saturated rings. The van der Waals surface area contributed by atoms with Gasteiger partial charge in [-0.05, 0) is 63.6 Å². The maximum atomic E-state index is 13.9. The molecule has 7 heteroatoms. The van der Waals surface area contributed by atoms with Crippen molar-refractivity contribution in [2.45, 2.75) is 33.6 Å². The van der Waals surface area contributed by atoms with E-state index in [2.05, 4.69) is 10.2 Å². The molecule has 2 aromatic heterocycles. The van der Waals surface area contributed by atoms with Crippen LogP contribution >= 0.6 is 11.6 Å². The second-order valence-corrected chi connectivity index (χ2v) is 9.61. The molecule has 0 saturated heterocycles. The third-order valence-corrected chi connectivity index (χ3v) is 6.96. The monoisotopic (exact) mass is 498 g/mol. The number of hydrogen-bond acceptors (Lipinski definition) is 2. The zero-order valence-electron chi connectivity index (χ0n) is 20.6. The number of rotatable bonds is 5. The lowest BCUT2D eigenvalue weighted by molar-refractivity contribution is 0.830. The SMILES string of the molecule is Cc1ccc(-n2[nH]c(C)c(C(c3ccccc3Cl)c3c(C)[nH]n(-c4ccc(C)cc4)c3=O)c2=O)cc1. The van der Waals surface area contributed by atoms with Crippen molar-refractivity contribution >= 4 is 11.6 Å². The summed E-state index contributed by atoms with van der Waals surface area (Å²) in [5.41, 5.74) is 6.22. The first-order valence-corrected chi connectivity index (χ1v) is 12.2. The first-order valence-electron chi connectivity index (χ1n) is 11.8. The number of halogens is 1. The molecule has 0 spiro atoms. The number of hydrogen-bond donors (Lipinski definition) is 2. The van der Waals surface area contributed by atoms with Gasteiger partial charge in [0.2, 0.25) is 0 Å². The highest BCUT2D eigenvalue weighted by Crippen LogP contribution is 2.36. The molecule has 6 nitrogen and oxygen atoms in total. The van der Waals surface area contributed by atoms with Crippen molar-refractivity contribution < 1.29 is 0 Å². The largest absolute Gasteiger partial charge is 0.295 e. The smallest absolute Gasteiger partial charge is 0.275 e. The third-order valence-electron chi connectivity index (χ3n) is 6.61. The highest BCUT2D eigenvalue weighted by Gasteiger charge is 2.32. The minimum Gasteiger partial charge on any atom is -0.295 e. The molecule has 3 aromatic carbocycles. The van der Waals surface area contributed by atoms with Gasteiger partial charge in [0.1, 0.15) is 0 Å². The van der Waals surface area contributed by atoms with Gasteiger partial charge in [0.05, 0.1) is 28.4 Å². The van der Waals surface area contributed by atoms with Crippen molar-refractivity contribution in [3.8, 4) is 11.4 Å². The van der Waals surface area contributed by atoms with Crippen molar-refractivity contribution in [1.82, 2.24) is 19.6 Å². The molecule has 0 aliphatic carbocycles. The van der Waals surface area contributed by atoms with Crippen LogP contribution < -0.4 is 11.1 Å². The number of nitrogens with zero attached hydrogens (tertiary/aromatic N) is 2. The topological polar surface area (TPSA) is 75.6 Å². The average molecular weight is 499 g/mol. The van der Waals surface area contributed by atoms with E-state index >= 15 is 0 Å². The lowest BCUT2D eigenvalue weighted by atomic mass is 9.85. The van der Waals surface area contributed by atoms with Gasteiger partial charge in [0.15, 0.2) is 0 Å². The van der Waals surface area contributed by atoms with Gasteiger partial charge in [0, 0.05) is 16.4 Å². The fourth-order valence-electron chi connectivity index (χ4n) is 4.71. The van der Waals surface area contributed by atoms with Crippen molar-refractivity contribution in [1.29, 1.82) is 0 Å². The number of aromatic amines is 2. The normalized spacial score (nSPS) is 11.4. The quantitative estimate of drug-likeness (QED) is 0.325. The lowest BCUT2D eigenvalue weighted by Gasteiger charge is -2.17.